The maximum Gasteiger partial charge on any atom is 0.271 e. The van der Waals surface area contributed by atoms with Crippen molar-refractivity contribution in [3.8, 4) is 0 Å². The quantitative estimate of drug-likeness (QED) is 0.862. The zero-order valence-electron chi connectivity index (χ0n) is 11.2. The number of nitrogens with one attached hydrogen (secondary N) is 2. The molecule has 1 aliphatic rings. The van der Waals surface area contributed by atoms with Gasteiger partial charge < -0.3 is 10.6 Å². The average Bonchev–Trinajstić information content (AvgIpc) is 2.46. The lowest BCUT2D eigenvalue weighted by Crippen LogP contribution is -2.37. The summed E-state index contributed by atoms with van der Waals surface area (Å²) in [6, 6.07) is 0.280. The molecule has 104 valence electrons. The molecule has 0 atom stereocenters. The van der Waals surface area contributed by atoms with Crippen molar-refractivity contribution < 1.29 is 4.79 Å². The van der Waals surface area contributed by atoms with Crippen molar-refractivity contribution in [2.24, 2.45) is 0 Å². The normalized spacial score (nSPS) is 16.1. The van der Waals surface area contributed by atoms with Gasteiger partial charge in [0.25, 0.3) is 5.91 Å². The van der Waals surface area contributed by atoms with Gasteiger partial charge >= 0.3 is 0 Å². The van der Waals surface area contributed by atoms with Crippen LogP contribution in [-0.4, -0.2) is 40.0 Å². The second-order valence-electron chi connectivity index (χ2n) is 4.58. The van der Waals surface area contributed by atoms with E-state index in [4.69, 9.17) is 0 Å². The highest BCUT2D eigenvalue weighted by molar-refractivity contribution is 7.99. The van der Waals surface area contributed by atoms with Crippen LogP contribution in [0.2, 0.25) is 0 Å². The topological polar surface area (TPSA) is 66.9 Å². The first-order valence-electron chi connectivity index (χ1n) is 6.74. The van der Waals surface area contributed by atoms with Gasteiger partial charge in [0.2, 0.25) is 0 Å². The molecular weight excluding hydrogens is 260 g/mol. The summed E-state index contributed by atoms with van der Waals surface area (Å²) in [6.07, 6.45) is 6.25. The van der Waals surface area contributed by atoms with E-state index in [2.05, 4.69) is 27.5 Å². The van der Waals surface area contributed by atoms with E-state index in [0.29, 0.717) is 11.5 Å². The Bertz CT molecular complexity index is 421. The van der Waals surface area contributed by atoms with Gasteiger partial charge in [0.05, 0.1) is 12.4 Å². The van der Waals surface area contributed by atoms with Crippen LogP contribution in [-0.2, 0) is 0 Å². The zero-order chi connectivity index (χ0) is 13.5. The van der Waals surface area contributed by atoms with E-state index >= 15 is 0 Å². The summed E-state index contributed by atoms with van der Waals surface area (Å²) in [5, 5.41) is 6.17. The molecule has 6 heteroatoms. The Hall–Kier alpha value is -1.30. The van der Waals surface area contributed by atoms with Crippen molar-refractivity contribution in [2.75, 3.05) is 23.4 Å². The molecule has 2 heterocycles. The molecule has 1 aromatic rings. The lowest BCUT2D eigenvalue weighted by molar-refractivity contribution is 0.0929. The fourth-order valence-electron chi connectivity index (χ4n) is 1.91. The van der Waals surface area contributed by atoms with Gasteiger partial charge in [-0.25, -0.2) is 4.98 Å². The van der Waals surface area contributed by atoms with Crippen molar-refractivity contribution in [3.05, 3.63) is 18.1 Å². The van der Waals surface area contributed by atoms with Crippen molar-refractivity contribution >= 4 is 23.5 Å². The van der Waals surface area contributed by atoms with Crippen LogP contribution in [0.15, 0.2) is 12.4 Å². The highest BCUT2D eigenvalue weighted by atomic mass is 32.2. The van der Waals surface area contributed by atoms with Crippen LogP contribution in [0.3, 0.4) is 0 Å². The average molecular weight is 280 g/mol. The van der Waals surface area contributed by atoms with Crippen LogP contribution in [0.1, 0.15) is 36.7 Å². The molecule has 0 bridgehead atoms. The van der Waals surface area contributed by atoms with Gasteiger partial charge in [-0.2, -0.15) is 11.8 Å². The minimum Gasteiger partial charge on any atom is -0.369 e. The molecule has 0 spiro atoms. The minimum absolute atomic E-state index is 0.121. The number of carbonyl (C=O) groups excluding carboxylic acids is 1. The van der Waals surface area contributed by atoms with Crippen molar-refractivity contribution in [1.29, 1.82) is 0 Å². The summed E-state index contributed by atoms with van der Waals surface area (Å²) in [7, 11) is 0. The minimum atomic E-state index is -0.121. The molecule has 2 rings (SSSR count). The third-order valence-corrected chi connectivity index (χ3v) is 4.03. The molecule has 5 nitrogen and oxygen atoms in total. The largest absolute Gasteiger partial charge is 0.369 e. The second-order valence-corrected chi connectivity index (χ2v) is 5.80. The molecule has 0 aliphatic carbocycles. The molecule has 1 amide bonds. The van der Waals surface area contributed by atoms with Crippen molar-refractivity contribution in [1.82, 2.24) is 15.3 Å². The number of thioether (sulfide) groups is 1. The van der Waals surface area contributed by atoms with E-state index in [1.165, 1.54) is 6.20 Å². The van der Waals surface area contributed by atoms with Gasteiger partial charge in [0, 0.05) is 12.6 Å². The smallest absolute Gasteiger partial charge is 0.271 e. The van der Waals surface area contributed by atoms with Crippen LogP contribution in [0.5, 0.6) is 0 Å². The first-order chi connectivity index (χ1) is 9.29. The Morgan fingerprint density at radius 3 is 2.95 bits per heavy atom. The second kappa shape index (κ2) is 7.33. The monoisotopic (exact) mass is 280 g/mol. The Morgan fingerprint density at radius 1 is 1.42 bits per heavy atom. The number of hydrogen-bond donors (Lipinski definition) is 2. The van der Waals surface area contributed by atoms with Crippen molar-refractivity contribution in [2.45, 2.75) is 32.2 Å². The van der Waals surface area contributed by atoms with Gasteiger partial charge in [-0.05, 0) is 30.8 Å². The Balaban J connectivity index is 1.93. The number of hydrogen-bond acceptors (Lipinski definition) is 5. The summed E-state index contributed by atoms with van der Waals surface area (Å²) in [5.74, 6) is 2.78. The number of anilines is 1. The van der Waals surface area contributed by atoms with E-state index in [1.807, 2.05) is 11.8 Å². The third-order valence-electron chi connectivity index (χ3n) is 2.98. The number of aromatic nitrogens is 2. The summed E-state index contributed by atoms with van der Waals surface area (Å²) in [5.41, 5.74) is 0.388. The van der Waals surface area contributed by atoms with E-state index < -0.39 is 0 Å². The van der Waals surface area contributed by atoms with Gasteiger partial charge in [-0.3, -0.25) is 9.78 Å². The molecule has 2 N–H and O–H groups in total. The molecule has 1 fully saturated rings. The fraction of sp³-hybridized carbons (Fsp3) is 0.615. The Morgan fingerprint density at radius 2 is 2.21 bits per heavy atom. The van der Waals surface area contributed by atoms with Gasteiger partial charge in [0.15, 0.2) is 0 Å². The predicted octanol–water partition coefficient (Wildman–Crippen LogP) is 1.92. The van der Waals surface area contributed by atoms with Crippen LogP contribution < -0.4 is 10.6 Å². The highest BCUT2D eigenvalue weighted by Gasteiger charge is 2.17. The van der Waals surface area contributed by atoms with Gasteiger partial charge in [0.1, 0.15) is 11.5 Å². The number of carbonyl (C=O) groups is 1. The Kier molecular flexibility index (Phi) is 5.44. The number of nitrogens with zero attached hydrogens (tertiary/aromatic N) is 2. The van der Waals surface area contributed by atoms with Crippen LogP contribution >= 0.6 is 11.8 Å². The predicted molar refractivity (Wildman–Crippen MR) is 78.6 cm³/mol. The molecule has 1 aliphatic heterocycles. The molecule has 1 saturated heterocycles. The first-order valence-corrected chi connectivity index (χ1v) is 7.89. The standard InChI is InChI=1S/C13H20N4OS/c1-2-5-15-12-9-14-8-11(17-12)13(18)16-10-3-6-19-7-4-10/h8-10H,2-7H2,1H3,(H,15,17)(H,16,18). The van der Waals surface area contributed by atoms with E-state index in [-0.39, 0.29) is 11.9 Å². The van der Waals surface area contributed by atoms with E-state index in [1.54, 1.807) is 6.20 Å². The van der Waals surface area contributed by atoms with E-state index in [9.17, 15) is 4.79 Å². The number of amides is 1. The van der Waals surface area contributed by atoms with Gasteiger partial charge in [-0.15, -0.1) is 0 Å². The molecule has 0 unspecified atom stereocenters. The van der Waals surface area contributed by atoms with E-state index in [0.717, 1.165) is 37.3 Å². The highest BCUT2D eigenvalue weighted by Crippen LogP contribution is 2.17. The molecule has 1 aromatic heterocycles. The van der Waals surface area contributed by atoms with Crippen LogP contribution in [0, 0.1) is 0 Å². The zero-order valence-corrected chi connectivity index (χ0v) is 12.0. The first kappa shape index (κ1) is 14.1. The summed E-state index contributed by atoms with van der Waals surface area (Å²) >= 11 is 1.94. The van der Waals surface area contributed by atoms with Crippen molar-refractivity contribution in [3.63, 3.8) is 0 Å². The molecule has 0 radical (unpaired) electrons. The molecule has 19 heavy (non-hydrogen) atoms. The Labute approximate surface area is 118 Å². The summed E-state index contributed by atoms with van der Waals surface area (Å²) < 4.78 is 0. The maximum absolute atomic E-state index is 12.1. The number of rotatable bonds is 5. The maximum atomic E-state index is 12.1. The fourth-order valence-corrected chi connectivity index (χ4v) is 3.02. The lowest BCUT2D eigenvalue weighted by atomic mass is 10.1. The molecule has 0 aromatic carbocycles. The molecule has 0 saturated carbocycles. The van der Waals surface area contributed by atoms with Gasteiger partial charge in [-0.1, -0.05) is 6.92 Å². The van der Waals surface area contributed by atoms with Crippen LogP contribution in [0.4, 0.5) is 5.82 Å². The SMILES string of the molecule is CCCNc1cncc(C(=O)NC2CCSCC2)n1. The summed E-state index contributed by atoms with van der Waals surface area (Å²) in [6.45, 7) is 2.91. The lowest BCUT2D eigenvalue weighted by Gasteiger charge is -2.22. The third kappa shape index (κ3) is 4.38. The summed E-state index contributed by atoms with van der Waals surface area (Å²) in [4.78, 5) is 20.4. The van der Waals surface area contributed by atoms with Crippen LogP contribution in [0.25, 0.3) is 0 Å². The molecular formula is C13H20N4OS.